The van der Waals surface area contributed by atoms with Crippen molar-refractivity contribution >= 4 is 10.5 Å². The number of hydrogen-bond acceptors (Lipinski definition) is 2. The van der Waals surface area contributed by atoms with Crippen LogP contribution in [0.4, 0.5) is 0 Å². The Kier molecular flexibility index (Phi) is 5.40. The van der Waals surface area contributed by atoms with Crippen molar-refractivity contribution in [1.29, 1.82) is 5.26 Å². The first kappa shape index (κ1) is 6.67. The van der Waals surface area contributed by atoms with E-state index in [1.807, 2.05) is 6.07 Å². The van der Waals surface area contributed by atoms with Gasteiger partial charge in [-0.05, 0) is 6.42 Å². The molecule has 0 rings (SSSR count). The van der Waals surface area contributed by atoms with Gasteiger partial charge in [-0.25, -0.2) is 0 Å². The molecule has 7 heavy (non-hydrogen) atoms. The second-order valence-electron chi connectivity index (χ2n) is 1.25. The summed E-state index contributed by atoms with van der Waals surface area (Å²) >= 11 is 0. The highest BCUT2D eigenvalue weighted by atomic mass is 28.2. The fourth-order valence-electron chi connectivity index (χ4n) is 0.296. The Hall–Kier alpha value is -0.333. The van der Waals surface area contributed by atoms with Crippen LogP contribution >= 0.6 is 0 Å². The Balaban J connectivity index is 2.60. The minimum atomic E-state index is 0.627. The van der Waals surface area contributed by atoms with Crippen molar-refractivity contribution in [3.63, 3.8) is 0 Å². The van der Waals surface area contributed by atoms with Crippen molar-refractivity contribution in [2.75, 3.05) is 6.61 Å². The maximum absolute atomic E-state index is 8.00. The van der Waals surface area contributed by atoms with Crippen LogP contribution in [0.1, 0.15) is 12.8 Å². The molecule has 0 aromatic heterocycles. The number of unbranched alkanes of at least 4 members (excludes halogenated alkanes) is 1. The quantitative estimate of drug-likeness (QED) is 0.370. The number of nitriles is 1. The molecule has 0 aliphatic rings. The molecule has 3 heteroatoms. The maximum atomic E-state index is 8.00. The molecule has 0 radical (unpaired) electrons. The Morgan fingerprint density at radius 2 is 2.43 bits per heavy atom. The fourth-order valence-corrected chi connectivity index (χ4v) is 0.584. The normalized spacial score (nSPS) is 8.43. The molecule has 0 saturated heterocycles. The highest BCUT2D eigenvalue weighted by Gasteiger charge is 1.78. The van der Waals surface area contributed by atoms with E-state index < -0.39 is 0 Å². The molecule has 0 unspecified atom stereocenters. The van der Waals surface area contributed by atoms with E-state index in [4.69, 9.17) is 9.69 Å². The zero-order valence-corrected chi connectivity index (χ0v) is 6.48. The van der Waals surface area contributed by atoms with Gasteiger partial charge in [0.15, 0.2) is 0 Å². The topological polar surface area (TPSA) is 33.0 Å². The molecule has 0 N–H and O–H groups in total. The summed E-state index contributed by atoms with van der Waals surface area (Å²) in [5.74, 6) is 0. The molecule has 0 aromatic rings. The third-order valence-electron chi connectivity index (χ3n) is 0.637. The molecule has 0 amide bonds. The summed E-state index contributed by atoms with van der Waals surface area (Å²) in [6, 6.07) is 2.04. The molecule has 0 saturated carbocycles. The number of nitrogens with zero attached hydrogens (tertiary/aromatic N) is 1. The average Bonchev–Trinajstić information content (AvgIpc) is 1.69. The van der Waals surface area contributed by atoms with Gasteiger partial charge in [-0.2, -0.15) is 5.26 Å². The summed E-state index contributed by atoms with van der Waals surface area (Å²) in [4.78, 5) is 0. The lowest BCUT2D eigenvalue weighted by molar-refractivity contribution is 0.343. The highest BCUT2D eigenvalue weighted by molar-refractivity contribution is 5.97. The molecule has 0 heterocycles. The first-order valence-corrected chi connectivity index (χ1v) is 3.09. The van der Waals surface area contributed by atoms with Crippen LogP contribution in [0.15, 0.2) is 0 Å². The van der Waals surface area contributed by atoms with E-state index in [1.54, 1.807) is 0 Å². The van der Waals surface area contributed by atoms with Gasteiger partial charge in [-0.15, -0.1) is 0 Å². The molecule has 0 atom stereocenters. The first-order valence-electron chi connectivity index (χ1n) is 2.27. The van der Waals surface area contributed by atoms with E-state index in [0.29, 0.717) is 6.42 Å². The summed E-state index contributed by atoms with van der Waals surface area (Å²) in [5, 5.41) is 8.00. The predicted molar refractivity (Wildman–Crippen MR) is 30.7 cm³/mol. The SMILES string of the molecule is N#CCCCO[SiH3]. The molecule has 0 bridgehead atoms. The van der Waals surface area contributed by atoms with Crippen LogP contribution in [0.3, 0.4) is 0 Å². The Labute approximate surface area is 46.6 Å². The molecular weight excluding hydrogens is 106 g/mol. The summed E-state index contributed by atoms with van der Waals surface area (Å²) < 4.78 is 4.83. The lowest BCUT2D eigenvalue weighted by Gasteiger charge is -1.89. The maximum Gasteiger partial charge on any atom is 0.145 e. The minimum Gasteiger partial charge on any atom is -0.428 e. The molecule has 0 aromatic carbocycles. The van der Waals surface area contributed by atoms with Gasteiger partial charge in [0.25, 0.3) is 0 Å². The van der Waals surface area contributed by atoms with Crippen LogP contribution in [0.5, 0.6) is 0 Å². The predicted octanol–water partition coefficient (Wildman–Crippen LogP) is -0.413. The van der Waals surface area contributed by atoms with Crippen LogP contribution < -0.4 is 0 Å². The molecule has 0 spiro atoms. The van der Waals surface area contributed by atoms with Gasteiger partial charge in [0, 0.05) is 13.0 Å². The van der Waals surface area contributed by atoms with Crippen molar-refractivity contribution in [2.45, 2.75) is 12.8 Å². The number of hydrogen-bond donors (Lipinski definition) is 0. The first-order chi connectivity index (χ1) is 3.41. The molecular formula is C4H9NOSi. The Morgan fingerprint density at radius 1 is 1.71 bits per heavy atom. The smallest absolute Gasteiger partial charge is 0.145 e. The van der Waals surface area contributed by atoms with Crippen LogP contribution in [0.2, 0.25) is 0 Å². The van der Waals surface area contributed by atoms with Crippen molar-refractivity contribution < 1.29 is 4.43 Å². The van der Waals surface area contributed by atoms with Gasteiger partial charge in [0.1, 0.15) is 10.5 Å². The molecule has 40 valence electrons. The van der Waals surface area contributed by atoms with Crippen LogP contribution in [-0.4, -0.2) is 17.1 Å². The Bertz CT molecular complexity index is 68.6. The second kappa shape index (κ2) is 5.67. The zero-order chi connectivity index (χ0) is 5.54. The van der Waals surface area contributed by atoms with E-state index >= 15 is 0 Å². The van der Waals surface area contributed by atoms with Crippen LogP contribution in [-0.2, 0) is 4.43 Å². The van der Waals surface area contributed by atoms with E-state index in [0.717, 1.165) is 23.5 Å². The standard InChI is InChI=1S/C4H9NOSi/c5-3-1-2-4-6-7/h1-2,4H2,7H3. The molecule has 2 nitrogen and oxygen atoms in total. The van der Waals surface area contributed by atoms with Crippen LogP contribution in [0.25, 0.3) is 0 Å². The molecule has 0 aliphatic heterocycles. The summed E-state index contributed by atoms with van der Waals surface area (Å²) in [5.41, 5.74) is 0. The van der Waals surface area contributed by atoms with Crippen molar-refractivity contribution in [3.8, 4) is 6.07 Å². The average molecular weight is 115 g/mol. The number of rotatable bonds is 3. The highest BCUT2D eigenvalue weighted by Crippen LogP contribution is 1.83. The van der Waals surface area contributed by atoms with E-state index in [2.05, 4.69) is 0 Å². The Morgan fingerprint density at radius 3 is 2.86 bits per heavy atom. The van der Waals surface area contributed by atoms with Gasteiger partial charge in [0.2, 0.25) is 0 Å². The largest absolute Gasteiger partial charge is 0.428 e. The van der Waals surface area contributed by atoms with Gasteiger partial charge < -0.3 is 4.43 Å². The second-order valence-corrected chi connectivity index (χ2v) is 1.83. The molecule has 0 fully saturated rings. The van der Waals surface area contributed by atoms with Crippen LogP contribution in [0, 0.1) is 11.3 Å². The summed E-state index contributed by atoms with van der Waals surface area (Å²) in [6.07, 6.45) is 1.52. The van der Waals surface area contributed by atoms with Crippen molar-refractivity contribution in [2.24, 2.45) is 0 Å². The third kappa shape index (κ3) is 5.67. The van der Waals surface area contributed by atoms with Gasteiger partial charge in [-0.1, -0.05) is 0 Å². The minimum absolute atomic E-state index is 0.627. The van der Waals surface area contributed by atoms with E-state index in [9.17, 15) is 0 Å². The van der Waals surface area contributed by atoms with Crippen molar-refractivity contribution in [3.05, 3.63) is 0 Å². The van der Waals surface area contributed by atoms with Gasteiger partial charge in [-0.3, -0.25) is 0 Å². The lowest BCUT2D eigenvalue weighted by atomic mass is 10.4. The van der Waals surface area contributed by atoms with E-state index in [-0.39, 0.29) is 0 Å². The van der Waals surface area contributed by atoms with Gasteiger partial charge in [0.05, 0.1) is 6.07 Å². The fraction of sp³-hybridized carbons (Fsp3) is 0.750. The van der Waals surface area contributed by atoms with Gasteiger partial charge >= 0.3 is 0 Å². The third-order valence-corrected chi connectivity index (χ3v) is 1.05. The summed E-state index contributed by atoms with van der Waals surface area (Å²) in [6.45, 7) is 0.764. The van der Waals surface area contributed by atoms with E-state index in [1.165, 1.54) is 0 Å². The molecule has 0 aliphatic carbocycles. The van der Waals surface area contributed by atoms with Crippen molar-refractivity contribution in [1.82, 2.24) is 0 Å². The monoisotopic (exact) mass is 115 g/mol. The summed E-state index contributed by atoms with van der Waals surface area (Å²) in [7, 11) is 0.796. The lowest BCUT2D eigenvalue weighted by Crippen LogP contribution is -1.86. The zero-order valence-electron chi connectivity index (χ0n) is 4.48.